The van der Waals surface area contributed by atoms with Crippen molar-refractivity contribution in [2.45, 2.75) is 58.0 Å². The molecule has 0 aliphatic carbocycles. The van der Waals surface area contributed by atoms with Crippen molar-refractivity contribution in [2.75, 3.05) is 49.1 Å². The van der Waals surface area contributed by atoms with Crippen LogP contribution in [0.2, 0.25) is 0 Å². The van der Waals surface area contributed by atoms with Crippen LogP contribution < -0.4 is 19.9 Å². The first-order valence-corrected chi connectivity index (χ1v) is 13.5. The monoisotopic (exact) mass is 490 g/mol. The maximum absolute atomic E-state index is 13.3. The second-order valence-electron chi connectivity index (χ2n) is 10.3. The molecule has 3 aliphatic rings. The number of nitrogens with one attached hydrogen (secondary N) is 1. The van der Waals surface area contributed by atoms with Gasteiger partial charge in [-0.2, -0.15) is 0 Å². The predicted molar refractivity (Wildman–Crippen MR) is 143 cm³/mol. The first-order chi connectivity index (χ1) is 17.5. The van der Waals surface area contributed by atoms with Gasteiger partial charge >= 0.3 is 0 Å². The first kappa shape index (κ1) is 24.6. The van der Waals surface area contributed by atoms with Gasteiger partial charge in [-0.1, -0.05) is 13.3 Å². The van der Waals surface area contributed by atoms with E-state index in [9.17, 15) is 9.59 Å². The number of fused-ring (bicyclic) bond motifs is 1. The highest BCUT2D eigenvalue weighted by atomic mass is 16.5. The van der Waals surface area contributed by atoms with Crippen LogP contribution in [0.1, 0.15) is 55.5 Å². The number of rotatable bonds is 8. The minimum Gasteiger partial charge on any atom is -0.494 e. The van der Waals surface area contributed by atoms with Crippen LogP contribution in [0.15, 0.2) is 42.5 Å². The molecule has 0 radical (unpaired) electrons. The van der Waals surface area contributed by atoms with E-state index in [0.717, 1.165) is 87.5 Å². The molecule has 1 N–H and O–H groups in total. The Bertz CT molecular complexity index is 1090. The fourth-order valence-electron chi connectivity index (χ4n) is 5.78. The second kappa shape index (κ2) is 10.9. The lowest BCUT2D eigenvalue weighted by Gasteiger charge is -2.29. The third-order valence-electron chi connectivity index (χ3n) is 7.76. The maximum atomic E-state index is 13.3. The van der Waals surface area contributed by atoms with Crippen molar-refractivity contribution in [1.82, 2.24) is 10.2 Å². The molecule has 2 unspecified atom stereocenters. The fourth-order valence-corrected chi connectivity index (χ4v) is 5.78. The van der Waals surface area contributed by atoms with Crippen LogP contribution in [0.5, 0.6) is 5.75 Å². The molecule has 0 spiro atoms. The Morgan fingerprint density at radius 2 is 1.83 bits per heavy atom. The minimum absolute atomic E-state index is 0.0619. The lowest BCUT2D eigenvalue weighted by Crippen LogP contribution is -2.40. The standard InChI is InChI=1S/C29H38N4O3/c1-3-4-17-36-27-9-10-28-22(18-27)11-16-33(29(28)35)25-7-5-24(6-8-25)32-15-13-26(20-32)31-14-12-23(19-31)30-21(2)34/h5-10,18,23,26H,3-4,11-17,19-20H2,1-2H3,(H,30,34). The smallest absolute Gasteiger partial charge is 0.258 e. The number of benzene rings is 2. The molecule has 36 heavy (non-hydrogen) atoms. The van der Waals surface area contributed by atoms with Crippen molar-refractivity contribution in [3.63, 3.8) is 0 Å². The molecule has 7 nitrogen and oxygen atoms in total. The Kier molecular flexibility index (Phi) is 7.46. The van der Waals surface area contributed by atoms with E-state index < -0.39 is 0 Å². The van der Waals surface area contributed by atoms with E-state index in [1.54, 1.807) is 6.92 Å². The Balaban J connectivity index is 1.18. The lowest BCUT2D eigenvalue weighted by atomic mass is 9.98. The molecule has 2 atom stereocenters. The zero-order valence-electron chi connectivity index (χ0n) is 21.5. The van der Waals surface area contributed by atoms with Gasteiger partial charge in [0, 0.05) is 68.7 Å². The molecule has 7 heteroatoms. The van der Waals surface area contributed by atoms with E-state index in [1.165, 1.54) is 5.69 Å². The van der Waals surface area contributed by atoms with Crippen LogP contribution in [0.3, 0.4) is 0 Å². The summed E-state index contributed by atoms with van der Waals surface area (Å²) >= 11 is 0. The molecule has 2 saturated heterocycles. The highest BCUT2D eigenvalue weighted by molar-refractivity contribution is 6.08. The molecule has 192 valence electrons. The minimum atomic E-state index is 0.0619. The normalized spacial score (nSPS) is 22.1. The number of unbranched alkanes of at least 4 members (excludes halogenated alkanes) is 1. The number of carbonyl (C=O) groups excluding carboxylic acids is 2. The summed E-state index contributed by atoms with van der Waals surface area (Å²) in [5.74, 6) is 0.983. The number of ether oxygens (including phenoxy) is 1. The summed E-state index contributed by atoms with van der Waals surface area (Å²) in [7, 11) is 0. The van der Waals surface area contributed by atoms with Crippen molar-refractivity contribution in [2.24, 2.45) is 0 Å². The Morgan fingerprint density at radius 1 is 1.03 bits per heavy atom. The largest absolute Gasteiger partial charge is 0.494 e. The van der Waals surface area contributed by atoms with Gasteiger partial charge in [-0.15, -0.1) is 0 Å². The lowest BCUT2D eigenvalue weighted by molar-refractivity contribution is -0.119. The van der Waals surface area contributed by atoms with Crippen molar-refractivity contribution in [3.05, 3.63) is 53.6 Å². The van der Waals surface area contributed by atoms with Gasteiger partial charge in [0.2, 0.25) is 5.91 Å². The van der Waals surface area contributed by atoms with Gasteiger partial charge in [0.1, 0.15) is 5.75 Å². The van der Waals surface area contributed by atoms with Crippen molar-refractivity contribution in [1.29, 1.82) is 0 Å². The quantitative estimate of drug-likeness (QED) is 0.570. The van der Waals surface area contributed by atoms with Crippen LogP contribution in [-0.2, 0) is 11.2 Å². The van der Waals surface area contributed by atoms with Gasteiger partial charge in [-0.3, -0.25) is 14.5 Å². The van der Waals surface area contributed by atoms with Gasteiger partial charge in [0.25, 0.3) is 5.91 Å². The summed E-state index contributed by atoms with van der Waals surface area (Å²) in [6.45, 7) is 9.18. The number of nitrogens with zero attached hydrogens (tertiary/aromatic N) is 3. The number of hydrogen-bond acceptors (Lipinski definition) is 5. The summed E-state index contributed by atoms with van der Waals surface area (Å²) < 4.78 is 5.83. The molecule has 2 amide bonds. The highest BCUT2D eigenvalue weighted by Crippen LogP contribution is 2.30. The SMILES string of the molecule is CCCCOc1ccc2c(c1)CCN(c1ccc(N3CCC(N4CCC(NC(C)=O)C4)C3)cc1)C2=O. The van der Waals surface area contributed by atoms with Gasteiger partial charge in [-0.05, 0) is 73.7 Å². The molecule has 2 aromatic carbocycles. The number of likely N-dealkylation sites (tertiary alicyclic amines) is 1. The van der Waals surface area contributed by atoms with E-state index in [-0.39, 0.29) is 17.9 Å². The van der Waals surface area contributed by atoms with Gasteiger partial charge in [0.05, 0.1) is 6.61 Å². The van der Waals surface area contributed by atoms with Crippen molar-refractivity contribution >= 4 is 23.2 Å². The van der Waals surface area contributed by atoms with Gasteiger partial charge in [-0.25, -0.2) is 0 Å². The number of carbonyl (C=O) groups is 2. The molecular weight excluding hydrogens is 452 g/mol. The van der Waals surface area contributed by atoms with E-state index in [0.29, 0.717) is 12.6 Å². The Morgan fingerprint density at radius 3 is 2.61 bits per heavy atom. The zero-order chi connectivity index (χ0) is 25.1. The van der Waals surface area contributed by atoms with Gasteiger partial charge in [0.15, 0.2) is 0 Å². The molecule has 0 saturated carbocycles. The fraction of sp³-hybridized carbons (Fsp3) is 0.517. The molecular formula is C29H38N4O3. The zero-order valence-corrected chi connectivity index (χ0v) is 21.5. The highest BCUT2D eigenvalue weighted by Gasteiger charge is 2.33. The summed E-state index contributed by atoms with van der Waals surface area (Å²) in [6, 6.07) is 15.1. The van der Waals surface area contributed by atoms with E-state index in [4.69, 9.17) is 4.74 Å². The van der Waals surface area contributed by atoms with Crippen LogP contribution in [0.4, 0.5) is 11.4 Å². The molecule has 0 aromatic heterocycles. The average Bonchev–Trinajstić information content (AvgIpc) is 3.54. The maximum Gasteiger partial charge on any atom is 0.258 e. The summed E-state index contributed by atoms with van der Waals surface area (Å²) in [5.41, 5.74) is 4.01. The summed E-state index contributed by atoms with van der Waals surface area (Å²) in [6.07, 6.45) is 5.14. The predicted octanol–water partition coefficient (Wildman–Crippen LogP) is 3.86. The van der Waals surface area contributed by atoms with E-state index in [1.807, 2.05) is 23.1 Å². The molecule has 0 bridgehead atoms. The van der Waals surface area contributed by atoms with Crippen LogP contribution >= 0.6 is 0 Å². The van der Waals surface area contributed by atoms with Crippen molar-refractivity contribution < 1.29 is 14.3 Å². The molecule has 2 aromatic rings. The number of anilines is 2. The van der Waals surface area contributed by atoms with E-state index in [2.05, 4.69) is 46.3 Å². The van der Waals surface area contributed by atoms with Crippen LogP contribution in [0, 0.1) is 0 Å². The Hall–Kier alpha value is -3.06. The second-order valence-corrected chi connectivity index (χ2v) is 10.3. The van der Waals surface area contributed by atoms with Crippen LogP contribution in [-0.4, -0.2) is 68.1 Å². The van der Waals surface area contributed by atoms with Crippen LogP contribution in [0.25, 0.3) is 0 Å². The first-order valence-electron chi connectivity index (χ1n) is 13.5. The van der Waals surface area contributed by atoms with Crippen molar-refractivity contribution in [3.8, 4) is 5.75 Å². The summed E-state index contributed by atoms with van der Waals surface area (Å²) in [5, 5.41) is 3.07. The topological polar surface area (TPSA) is 65.1 Å². The molecule has 3 aliphatic heterocycles. The van der Waals surface area contributed by atoms with E-state index >= 15 is 0 Å². The molecule has 2 fully saturated rings. The number of hydrogen-bond donors (Lipinski definition) is 1. The number of amides is 2. The summed E-state index contributed by atoms with van der Waals surface area (Å²) in [4.78, 5) is 31.5. The third-order valence-corrected chi connectivity index (χ3v) is 7.76. The molecule has 5 rings (SSSR count). The average molecular weight is 491 g/mol. The molecule has 3 heterocycles. The van der Waals surface area contributed by atoms with Gasteiger partial charge < -0.3 is 19.9 Å². The Labute approximate surface area is 214 Å². The third kappa shape index (κ3) is 5.36.